The molecule has 0 aliphatic heterocycles. The molecule has 0 saturated carbocycles. The zero-order chi connectivity index (χ0) is 18.4. The molecule has 0 radical (unpaired) electrons. The first-order chi connectivity index (χ1) is 11.8. The largest absolute Gasteiger partial charge is 0.326 e. The van der Waals surface area contributed by atoms with Crippen LogP contribution in [0.3, 0.4) is 0 Å². The van der Waals surface area contributed by atoms with E-state index in [4.69, 9.17) is 0 Å². The molecule has 0 aliphatic rings. The lowest BCUT2D eigenvalue weighted by Crippen LogP contribution is -2.31. The highest BCUT2D eigenvalue weighted by molar-refractivity contribution is 14.1. The maximum absolute atomic E-state index is 12.1. The molecule has 5 nitrogen and oxygen atoms in total. The van der Waals surface area contributed by atoms with Crippen LogP contribution in [0.4, 0.5) is 11.4 Å². The van der Waals surface area contributed by atoms with Gasteiger partial charge in [0, 0.05) is 22.2 Å². The number of hydrogen-bond acceptors (Lipinski definition) is 3. The van der Waals surface area contributed by atoms with Crippen molar-refractivity contribution in [2.75, 3.05) is 22.4 Å². The summed E-state index contributed by atoms with van der Waals surface area (Å²) in [4.78, 5) is 12.0. The number of halogens is 1. The number of carbonyl (C=O) groups excluding carboxylic acids is 1. The summed E-state index contributed by atoms with van der Waals surface area (Å²) in [6.45, 7) is 2.18. The molecule has 1 N–H and O–H groups in total. The first-order valence-corrected chi connectivity index (χ1v) is 10.8. The van der Waals surface area contributed by atoms with Crippen molar-refractivity contribution in [1.29, 1.82) is 0 Å². The Morgan fingerprint density at radius 3 is 2.44 bits per heavy atom. The average molecular weight is 472 g/mol. The Labute approximate surface area is 162 Å². The molecule has 0 heterocycles. The van der Waals surface area contributed by atoms with Crippen LogP contribution in [-0.2, 0) is 14.8 Å². The summed E-state index contributed by atoms with van der Waals surface area (Å²) in [6, 6.07) is 14.8. The minimum atomic E-state index is -3.40. The molecule has 0 spiro atoms. The first kappa shape index (κ1) is 19.7. The Bertz CT molecular complexity index is 836. The molecular weight excluding hydrogens is 451 g/mol. The van der Waals surface area contributed by atoms with E-state index in [0.29, 0.717) is 12.1 Å². The molecule has 2 aromatic carbocycles. The minimum Gasteiger partial charge on any atom is -0.326 e. The van der Waals surface area contributed by atoms with Crippen LogP contribution in [0, 0.1) is 10.5 Å². The Morgan fingerprint density at radius 1 is 1.16 bits per heavy atom. The smallest absolute Gasteiger partial charge is 0.232 e. The number of carbonyl (C=O) groups is 1. The number of amides is 1. The van der Waals surface area contributed by atoms with Crippen molar-refractivity contribution in [3.05, 3.63) is 57.7 Å². The summed E-state index contributed by atoms with van der Waals surface area (Å²) in [6.07, 6.45) is 1.88. The monoisotopic (exact) mass is 472 g/mol. The highest BCUT2D eigenvalue weighted by atomic mass is 127. The lowest BCUT2D eigenvalue weighted by Gasteiger charge is -2.22. The second kappa shape index (κ2) is 8.66. The van der Waals surface area contributed by atoms with Gasteiger partial charge in [0.1, 0.15) is 0 Å². The van der Waals surface area contributed by atoms with E-state index in [1.807, 2.05) is 49.4 Å². The predicted octanol–water partition coefficient (Wildman–Crippen LogP) is 3.78. The van der Waals surface area contributed by atoms with E-state index >= 15 is 0 Å². The second-order valence-corrected chi connectivity index (χ2v) is 8.99. The highest BCUT2D eigenvalue weighted by Gasteiger charge is 2.17. The minimum absolute atomic E-state index is 0.126. The Morgan fingerprint density at radius 2 is 1.84 bits per heavy atom. The van der Waals surface area contributed by atoms with Crippen molar-refractivity contribution in [2.24, 2.45) is 0 Å². The van der Waals surface area contributed by atoms with Gasteiger partial charge in [-0.15, -0.1) is 0 Å². The van der Waals surface area contributed by atoms with Crippen molar-refractivity contribution in [2.45, 2.75) is 19.8 Å². The molecule has 25 heavy (non-hydrogen) atoms. The number of benzene rings is 2. The van der Waals surface area contributed by atoms with Crippen molar-refractivity contribution in [1.82, 2.24) is 0 Å². The molecule has 7 heteroatoms. The normalized spacial score (nSPS) is 11.2. The van der Waals surface area contributed by atoms with Gasteiger partial charge in [-0.05, 0) is 77.9 Å². The van der Waals surface area contributed by atoms with E-state index < -0.39 is 10.0 Å². The topological polar surface area (TPSA) is 66.5 Å². The van der Waals surface area contributed by atoms with Gasteiger partial charge in [-0.25, -0.2) is 8.42 Å². The van der Waals surface area contributed by atoms with Gasteiger partial charge < -0.3 is 5.32 Å². The van der Waals surface area contributed by atoms with Crippen LogP contribution in [0.15, 0.2) is 48.5 Å². The van der Waals surface area contributed by atoms with Gasteiger partial charge in [-0.1, -0.05) is 12.1 Å². The Hall–Kier alpha value is -1.61. The maximum atomic E-state index is 12.1. The predicted molar refractivity (Wildman–Crippen MR) is 110 cm³/mol. The molecule has 1 amide bonds. The van der Waals surface area contributed by atoms with Crippen LogP contribution >= 0.6 is 22.6 Å². The summed E-state index contributed by atoms with van der Waals surface area (Å²) in [5, 5.41) is 2.82. The van der Waals surface area contributed by atoms with E-state index in [2.05, 4.69) is 27.9 Å². The van der Waals surface area contributed by atoms with Crippen molar-refractivity contribution in [3.8, 4) is 0 Å². The number of anilines is 2. The zero-order valence-electron chi connectivity index (χ0n) is 14.2. The van der Waals surface area contributed by atoms with Crippen molar-refractivity contribution in [3.63, 3.8) is 0 Å². The van der Waals surface area contributed by atoms with Gasteiger partial charge in [-0.3, -0.25) is 9.10 Å². The summed E-state index contributed by atoms with van der Waals surface area (Å²) < 4.78 is 26.6. The summed E-state index contributed by atoms with van der Waals surface area (Å²) >= 11 is 2.20. The molecule has 0 atom stereocenters. The molecule has 0 bridgehead atoms. The van der Waals surface area contributed by atoms with Gasteiger partial charge in [0.25, 0.3) is 0 Å². The first-order valence-electron chi connectivity index (χ1n) is 7.85. The number of aryl methyl sites for hydroxylation is 1. The molecule has 0 aliphatic carbocycles. The molecule has 0 saturated heterocycles. The number of rotatable bonds is 7. The molecular formula is C18H21IN2O3S. The van der Waals surface area contributed by atoms with E-state index in [9.17, 15) is 13.2 Å². The van der Waals surface area contributed by atoms with E-state index in [1.165, 1.54) is 10.6 Å². The van der Waals surface area contributed by atoms with Crippen molar-refractivity contribution < 1.29 is 13.2 Å². The van der Waals surface area contributed by atoms with Crippen molar-refractivity contribution >= 4 is 49.9 Å². The third-order valence-corrected chi connectivity index (χ3v) is 5.50. The van der Waals surface area contributed by atoms with Gasteiger partial charge in [0.2, 0.25) is 15.9 Å². The van der Waals surface area contributed by atoms with E-state index in [0.717, 1.165) is 14.8 Å². The lowest BCUT2D eigenvalue weighted by molar-refractivity contribution is -0.116. The molecule has 0 aromatic heterocycles. The molecule has 2 rings (SSSR count). The van der Waals surface area contributed by atoms with Crippen LogP contribution in [0.5, 0.6) is 0 Å². The number of nitrogens with one attached hydrogen (secondary N) is 1. The molecule has 134 valence electrons. The van der Waals surface area contributed by atoms with Gasteiger partial charge in [0.05, 0.1) is 11.9 Å². The van der Waals surface area contributed by atoms with E-state index in [1.54, 1.807) is 6.07 Å². The zero-order valence-corrected chi connectivity index (χ0v) is 17.2. The van der Waals surface area contributed by atoms with Gasteiger partial charge in [0.15, 0.2) is 0 Å². The third kappa shape index (κ3) is 6.32. The Kier molecular flexibility index (Phi) is 6.83. The number of hydrogen-bond donors (Lipinski definition) is 1. The number of sulfonamides is 1. The summed E-state index contributed by atoms with van der Waals surface area (Å²) in [5.74, 6) is -0.126. The quantitative estimate of drug-likeness (QED) is 0.624. The lowest BCUT2D eigenvalue weighted by atomic mass is 10.2. The van der Waals surface area contributed by atoms with Crippen LogP contribution in [0.25, 0.3) is 0 Å². The van der Waals surface area contributed by atoms with Gasteiger partial charge >= 0.3 is 0 Å². The molecule has 2 aromatic rings. The fourth-order valence-electron chi connectivity index (χ4n) is 2.41. The Balaban J connectivity index is 1.95. The standard InChI is InChI=1S/C18H21IN2O3S/c1-14-5-3-6-17(13-14)21(25(2,23)24)12-4-7-18(22)20-16-10-8-15(19)9-11-16/h3,5-6,8-11,13H,4,7,12H2,1-2H3,(H,20,22). The highest BCUT2D eigenvalue weighted by Crippen LogP contribution is 2.19. The molecule has 0 unspecified atom stereocenters. The summed E-state index contributed by atoms with van der Waals surface area (Å²) in [7, 11) is -3.40. The summed E-state index contributed by atoms with van der Waals surface area (Å²) in [5.41, 5.74) is 2.35. The van der Waals surface area contributed by atoms with E-state index in [-0.39, 0.29) is 18.9 Å². The molecule has 0 fully saturated rings. The fourth-order valence-corrected chi connectivity index (χ4v) is 3.73. The number of nitrogens with zero attached hydrogens (tertiary/aromatic N) is 1. The second-order valence-electron chi connectivity index (χ2n) is 5.83. The van der Waals surface area contributed by atoms with Crippen LogP contribution in [0.1, 0.15) is 18.4 Å². The maximum Gasteiger partial charge on any atom is 0.232 e. The third-order valence-electron chi connectivity index (χ3n) is 3.58. The van der Waals surface area contributed by atoms with Crippen LogP contribution < -0.4 is 9.62 Å². The SMILES string of the molecule is Cc1cccc(N(CCCC(=O)Nc2ccc(I)cc2)S(C)(=O)=O)c1. The van der Waals surface area contributed by atoms with Crippen LogP contribution in [-0.4, -0.2) is 27.1 Å². The van der Waals surface area contributed by atoms with Crippen LogP contribution in [0.2, 0.25) is 0 Å². The van der Waals surface area contributed by atoms with Gasteiger partial charge in [-0.2, -0.15) is 0 Å². The fraction of sp³-hybridized carbons (Fsp3) is 0.278. The average Bonchev–Trinajstić information content (AvgIpc) is 2.52.